The lowest BCUT2D eigenvalue weighted by Gasteiger charge is -2.35. The summed E-state index contributed by atoms with van der Waals surface area (Å²) in [6.45, 7) is 4.07. The van der Waals surface area contributed by atoms with Gasteiger partial charge in [-0.15, -0.1) is 0 Å². The number of carbonyl (C=O) groups excluding carboxylic acids is 1. The topological polar surface area (TPSA) is 63.6 Å². The van der Waals surface area contributed by atoms with E-state index in [1.54, 1.807) is 12.1 Å². The normalized spacial score (nSPS) is 30.3. The minimum Gasteiger partial charge on any atom is -0.299 e. The average molecular weight is 319 g/mol. The summed E-state index contributed by atoms with van der Waals surface area (Å²) in [6, 6.07) is 9.12. The SMILES string of the molecule is CC1(C)[C@H]2CC[C@]1(CS(=O)(=O)/N=C/c1ccccc1)C(=O)C2. The average Bonchev–Trinajstić information content (AvgIpc) is 2.80. The van der Waals surface area contributed by atoms with Crippen LogP contribution in [-0.4, -0.2) is 26.2 Å². The van der Waals surface area contributed by atoms with E-state index in [1.165, 1.54) is 6.21 Å². The van der Waals surface area contributed by atoms with E-state index in [0.29, 0.717) is 18.8 Å². The van der Waals surface area contributed by atoms with Gasteiger partial charge in [0.2, 0.25) is 0 Å². The first-order chi connectivity index (χ1) is 10.3. The van der Waals surface area contributed by atoms with Crippen LogP contribution in [0.15, 0.2) is 34.7 Å². The minimum atomic E-state index is -3.66. The number of Topliss-reactive ketones (excluding diaryl/α,β-unsaturated/α-hetero) is 1. The zero-order valence-corrected chi connectivity index (χ0v) is 13.8. The fourth-order valence-electron chi connectivity index (χ4n) is 4.14. The second kappa shape index (κ2) is 5.01. The lowest BCUT2D eigenvalue weighted by Crippen LogP contribution is -2.41. The van der Waals surface area contributed by atoms with E-state index in [0.717, 1.165) is 12.0 Å². The quantitative estimate of drug-likeness (QED) is 0.802. The van der Waals surface area contributed by atoms with Gasteiger partial charge in [0, 0.05) is 12.6 Å². The van der Waals surface area contributed by atoms with Gasteiger partial charge in [-0.1, -0.05) is 44.2 Å². The Labute approximate surface area is 131 Å². The van der Waals surface area contributed by atoms with E-state index in [2.05, 4.69) is 4.40 Å². The highest BCUT2D eigenvalue weighted by atomic mass is 32.2. The fourth-order valence-corrected chi connectivity index (χ4v) is 5.79. The molecule has 0 N–H and O–H groups in total. The van der Waals surface area contributed by atoms with Crippen LogP contribution in [0, 0.1) is 16.7 Å². The summed E-state index contributed by atoms with van der Waals surface area (Å²) in [5.74, 6) is 0.256. The first-order valence-electron chi connectivity index (χ1n) is 7.63. The molecule has 0 aromatic heterocycles. The predicted octanol–water partition coefficient (Wildman–Crippen LogP) is 2.83. The molecule has 0 heterocycles. The molecular formula is C17H21NO3S. The zero-order chi connectivity index (χ0) is 16.0. The Morgan fingerprint density at radius 3 is 2.50 bits per heavy atom. The molecule has 1 aromatic carbocycles. The maximum absolute atomic E-state index is 12.4. The van der Waals surface area contributed by atoms with Gasteiger partial charge >= 0.3 is 0 Å². The van der Waals surface area contributed by atoms with Crippen LogP contribution in [0.4, 0.5) is 0 Å². The summed E-state index contributed by atoms with van der Waals surface area (Å²) in [5, 5.41) is 0. The van der Waals surface area contributed by atoms with E-state index in [9.17, 15) is 13.2 Å². The molecule has 2 atom stereocenters. The highest BCUT2D eigenvalue weighted by molar-refractivity contribution is 7.90. The van der Waals surface area contributed by atoms with E-state index in [1.807, 2.05) is 32.0 Å². The van der Waals surface area contributed by atoms with Crippen LogP contribution in [0.3, 0.4) is 0 Å². The Balaban J connectivity index is 1.86. The molecule has 1 aromatic rings. The van der Waals surface area contributed by atoms with Crippen LogP contribution in [0.1, 0.15) is 38.7 Å². The van der Waals surface area contributed by atoms with Gasteiger partial charge in [-0.3, -0.25) is 4.79 Å². The number of hydrogen-bond donors (Lipinski definition) is 0. The monoisotopic (exact) mass is 319 g/mol. The molecular weight excluding hydrogens is 298 g/mol. The molecule has 0 radical (unpaired) electrons. The van der Waals surface area contributed by atoms with Crippen molar-refractivity contribution in [3.63, 3.8) is 0 Å². The smallest absolute Gasteiger partial charge is 0.254 e. The lowest BCUT2D eigenvalue weighted by molar-refractivity contribution is -0.128. The number of benzene rings is 1. The van der Waals surface area contributed by atoms with Crippen molar-refractivity contribution in [1.82, 2.24) is 0 Å². The number of rotatable bonds is 4. The van der Waals surface area contributed by atoms with Crippen LogP contribution in [0.5, 0.6) is 0 Å². The van der Waals surface area contributed by atoms with Gasteiger partial charge in [-0.05, 0) is 29.7 Å². The fraction of sp³-hybridized carbons (Fsp3) is 0.529. The molecule has 2 aliphatic carbocycles. The number of ketones is 1. The Bertz CT molecular complexity index is 722. The molecule has 0 aliphatic heterocycles. The third-order valence-electron chi connectivity index (χ3n) is 5.73. The molecule has 0 amide bonds. The molecule has 0 unspecified atom stereocenters. The summed E-state index contributed by atoms with van der Waals surface area (Å²) in [5.41, 5.74) is -0.255. The molecule has 5 heteroatoms. The molecule has 2 fully saturated rings. The number of nitrogens with zero attached hydrogens (tertiary/aromatic N) is 1. The first-order valence-corrected chi connectivity index (χ1v) is 9.24. The Hall–Kier alpha value is -1.49. The van der Waals surface area contributed by atoms with Gasteiger partial charge in [0.1, 0.15) is 5.78 Å². The molecule has 0 saturated heterocycles. The van der Waals surface area contributed by atoms with E-state index >= 15 is 0 Å². The van der Waals surface area contributed by atoms with Crippen molar-refractivity contribution in [1.29, 1.82) is 0 Å². The summed E-state index contributed by atoms with van der Waals surface area (Å²) >= 11 is 0. The molecule has 2 aliphatic rings. The highest BCUT2D eigenvalue weighted by Gasteiger charge is 2.65. The number of hydrogen-bond acceptors (Lipinski definition) is 3. The van der Waals surface area contributed by atoms with Crippen molar-refractivity contribution in [2.75, 3.05) is 5.75 Å². The summed E-state index contributed by atoms with van der Waals surface area (Å²) in [7, 11) is -3.66. The maximum Gasteiger partial charge on any atom is 0.254 e. The van der Waals surface area contributed by atoms with Crippen LogP contribution < -0.4 is 0 Å². The molecule has 2 saturated carbocycles. The Morgan fingerprint density at radius 1 is 1.27 bits per heavy atom. The second-order valence-corrected chi connectivity index (χ2v) is 8.70. The van der Waals surface area contributed by atoms with E-state index in [4.69, 9.17) is 0 Å². The standard InChI is InChI=1S/C17H21NO3S/c1-16(2)14-8-9-17(16,15(19)10-14)12-22(20,21)18-11-13-6-4-3-5-7-13/h3-7,11,14H,8-10,12H2,1-2H3/b18-11+/t14-,17-/m0/s1. The van der Waals surface area contributed by atoms with Crippen molar-refractivity contribution in [3.8, 4) is 0 Å². The van der Waals surface area contributed by atoms with Crippen molar-refractivity contribution < 1.29 is 13.2 Å². The van der Waals surface area contributed by atoms with Crippen molar-refractivity contribution in [2.24, 2.45) is 21.1 Å². The molecule has 2 bridgehead atoms. The number of carbonyl (C=O) groups is 1. The summed E-state index contributed by atoms with van der Waals surface area (Å²) < 4.78 is 28.6. The van der Waals surface area contributed by atoms with Gasteiger partial charge in [0.25, 0.3) is 10.0 Å². The van der Waals surface area contributed by atoms with Crippen molar-refractivity contribution in [3.05, 3.63) is 35.9 Å². The lowest BCUT2D eigenvalue weighted by atomic mass is 9.70. The minimum absolute atomic E-state index is 0.104. The molecule has 4 nitrogen and oxygen atoms in total. The second-order valence-electron chi connectivity index (χ2n) is 7.04. The Kier molecular flexibility index (Phi) is 3.51. The van der Waals surface area contributed by atoms with E-state index < -0.39 is 15.4 Å². The Morgan fingerprint density at radius 2 is 1.95 bits per heavy atom. The van der Waals surface area contributed by atoms with Gasteiger partial charge < -0.3 is 0 Å². The third-order valence-corrected chi connectivity index (χ3v) is 7.01. The maximum atomic E-state index is 12.4. The van der Waals surface area contributed by atoms with Gasteiger partial charge in [0.05, 0.1) is 11.2 Å². The highest BCUT2D eigenvalue weighted by Crippen LogP contribution is 2.64. The third kappa shape index (κ3) is 2.32. The molecule has 22 heavy (non-hydrogen) atoms. The van der Waals surface area contributed by atoms with Crippen LogP contribution >= 0.6 is 0 Å². The van der Waals surface area contributed by atoms with Crippen molar-refractivity contribution in [2.45, 2.75) is 33.1 Å². The number of fused-ring (bicyclic) bond motifs is 2. The van der Waals surface area contributed by atoms with Crippen LogP contribution in [0.25, 0.3) is 0 Å². The zero-order valence-electron chi connectivity index (χ0n) is 13.0. The van der Waals surface area contributed by atoms with Crippen molar-refractivity contribution >= 4 is 22.0 Å². The molecule has 3 rings (SSSR count). The first kappa shape index (κ1) is 15.4. The van der Waals surface area contributed by atoms with Gasteiger partial charge in [0.15, 0.2) is 0 Å². The largest absolute Gasteiger partial charge is 0.299 e. The number of sulfonamides is 1. The predicted molar refractivity (Wildman–Crippen MR) is 86.4 cm³/mol. The molecule has 118 valence electrons. The van der Waals surface area contributed by atoms with Crippen LogP contribution in [0.2, 0.25) is 0 Å². The van der Waals surface area contributed by atoms with Gasteiger partial charge in [-0.25, -0.2) is 8.42 Å². The summed E-state index contributed by atoms with van der Waals surface area (Å²) in [4.78, 5) is 12.4. The van der Waals surface area contributed by atoms with Crippen LogP contribution in [-0.2, 0) is 14.8 Å². The van der Waals surface area contributed by atoms with Gasteiger partial charge in [-0.2, -0.15) is 4.40 Å². The van der Waals surface area contributed by atoms with E-state index in [-0.39, 0.29) is 17.0 Å². The summed E-state index contributed by atoms with van der Waals surface area (Å²) in [6.07, 6.45) is 3.50. The molecule has 0 spiro atoms.